The number of carbonyl (C=O) groups excluding carboxylic acids is 1. The van der Waals surface area contributed by atoms with Crippen molar-refractivity contribution in [3.8, 4) is 0 Å². The van der Waals surface area contributed by atoms with Gasteiger partial charge in [0.2, 0.25) is 0 Å². The van der Waals surface area contributed by atoms with Crippen molar-refractivity contribution in [1.29, 1.82) is 0 Å². The van der Waals surface area contributed by atoms with Crippen molar-refractivity contribution in [1.82, 2.24) is 0 Å². The molecular formula is C11H14O2S. The first-order valence-electron chi connectivity index (χ1n) is 4.70. The molecule has 2 aliphatic rings. The Labute approximate surface area is 88.4 Å². The first-order chi connectivity index (χ1) is 6.67. The highest BCUT2D eigenvalue weighted by Gasteiger charge is 2.45. The maximum absolute atomic E-state index is 11.5. The molecule has 0 N–H and O–H groups in total. The zero-order chi connectivity index (χ0) is 10.2. The van der Waals surface area contributed by atoms with E-state index in [1.807, 2.05) is 12.3 Å². The quantitative estimate of drug-likeness (QED) is 0.527. The van der Waals surface area contributed by atoms with Gasteiger partial charge in [-0.2, -0.15) is 0 Å². The van der Waals surface area contributed by atoms with Gasteiger partial charge in [0.25, 0.3) is 0 Å². The van der Waals surface area contributed by atoms with E-state index in [2.05, 4.69) is 6.58 Å². The van der Waals surface area contributed by atoms with Crippen LogP contribution in [0, 0.1) is 5.92 Å². The lowest BCUT2D eigenvalue weighted by atomic mass is 9.90. The summed E-state index contributed by atoms with van der Waals surface area (Å²) in [6.07, 6.45) is 7.19. The second kappa shape index (κ2) is 3.55. The maximum Gasteiger partial charge on any atom is 0.162 e. The van der Waals surface area contributed by atoms with Crippen molar-refractivity contribution in [2.75, 3.05) is 12.2 Å². The third-order valence-electron chi connectivity index (χ3n) is 2.93. The Hall–Kier alpha value is -0.540. The Balaban J connectivity index is 2.18. The van der Waals surface area contributed by atoms with Gasteiger partial charge in [0.1, 0.15) is 0 Å². The van der Waals surface area contributed by atoms with Crippen LogP contribution in [0.3, 0.4) is 0 Å². The van der Waals surface area contributed by atoms with Gasteiger partial charge >= 0.3 is 0 Å². The number of carbonyl (C=O) groups is 1. The number of hydrogen-bond donors (Lipinski definition) is 0. The molecule has 2 rings (SSSR count). The Kier molecular flexibility index (Phi) is 2.54. The zero-order valence-corrected chi connectivity index (χ0v) is 9.10. The van der Waals surface area contributed by atoms with Crippen molar-refractivity contribution in [3.63, 3.8) is 0 Å². The van der Waals surface area contributed by atoms with Crippen LogP contribution in [0.15, 0.2) is 24.3 Å². The number of allylic oxidation sites excluding steroid dienone is 1. The molecule has 0 amide bonds. The lowest BCUT2D eigenvalue weighted by Gasteiger charge is -2.27. The highest BCUT2D eigenvalue weighted by atomic mass is 32.2. The van der Waals surface area contributed by atoms with Crippen LogP contribution in [0.2, 0.25) is 0 Å². The van der Waals surface area contributed by atoms with E-state index in [0.29, 0.717) is 5.94 Å². The summed E-state index contributed by atoms with van der Waals surface area (Å²) < 4.78 is 5.79. The first-order valence-corrected chi connectivity index (χ1v) is 6.10. The summed E-state index contributed by atoms with van der Waals surface area (Å²) in [5, 5.41) is 0. The molecule has 14 heavy (non-hydrogen) atoms. The molecule has 0 aromatic heterocycles. The average Bonchev–Trinajstić information content (AvgIpc) is 2.45. The van der Waals surface area contributed by atoms with Crippen molar-refractivity contribution in [2.45, 2.75) is 18.4 Å². The zero-order valence-electron chi connectivity index (χ0n) is 8.29. The minimum absolute atomic E-state index is 0.0156. The molecule has 2 bridgehead atoms. The topological polar surface area (TPSA) is 26.3 Å². The summed E-state index contributed by atoms with van der Waals surface area (Å²) in [7, 11) is 0. The molecule has 0 heterocycles. The second-order valence-electron chi connectivity index (χ2n) is 3.94. The summed E-state index contributed by atoms with van der Waals surface area (Å²) in [5.41, 5.74) is 0.805. The van der Waals surface area contributed by atoms with E-state index in [1.54, 1.807) is 17.8 Å². The Morgan fingerprint density at radius 1 is 1.79 bits per heavy atom. The molecule has 2 atom stereocenters. The van der Waals surface area contributed by atoms with Crippen molar-refractivity contribution in [3.05, 3.63) is 24.3 Å². The molecule has 0 spiro atoms. The maximum atomic E-state index is 11.5. The fourth-order valence-electron chi connectivity index (χ4n) is 2.18. The van der Waals surface area contributed by atoms with Crippen LogP contribution in [0.25, 0.3) is 0 Å². The van der Waals surface area contributed by atoms with Crippen LogP contribution in [0.4, 0.5) is 0 Å². The molecule has 0 saturated heterocycles. The Morgan fingerprint density at radius 2 is 2.57 bits per heavy atom. The third-order valence-corrected chi connectivity index (χ3v) is 3.28. The fourth-order valence-corrected chi connectivity index (χ4v) is 2.54. The SMILES string of the molecule is C=C1C[C@@]2(OCSC)C=CC(=O)[C@@H]1C2. The van der Waals surface area contributed by atoms with E-state index in [4.69, 9.17) is 4.74 Å². The number of hydrogen-bond acceptors (Lipinski definition) is 3. The smallest absolute Gasteiger partial charge is 0.162 e. The van der Waals surface area contributed by atoms with Gasteiger partial charge in [0.15, 0.2) is 5.78 Å². The molecule has 2 nitrogen and oxygen atoms in total. The molecule has 0 aliphatic heterocycles. The van der Waals surface area contributed by atoms with Crippen molar-refractivity contribution < 1.29 is 9.53 Å². The standard InChI is InChI=1S/C11H14O2S/c1-8-5-11(13-7-14-2)4-3-10(12)9(8)6-11/h3-4,9H,1,5-7H2,2H3/t9-,11+/m1/s1. The van der Waals surface area contributed by atoms with E-state index in [9.17, 15) is 4.79 Å². The molecule has 3 heteroatoms. The summed E-state index contributed by atoms with van der Waals surface area (Å²) in [5.74, 6) is 0.885. The van der Waals surface area contributed by atoms with Gasteiger partial charge in [-0.25, -0.2) is 0 Å². The van der Waals surface area contributed by atoms with E-state index in [-0.39, 0.29) is 17.3 Å². The molecule has 1 fully saturated rings. The Morgan fingerprint density at radius 3 is 3.29 bits per heavy atom. The van der Waals surface area contributed by atoms with Gasteiger partial charge in [-0.1, -0.05) is 12.2 Å². The Bertz CT molecular complexity index is 308. The van der Waals surface area contributed by atoms with Gasteiger partial charge in [-0.3, -0.25) is 4.79 Å². The largest absolute Gasteiger partial charge is 0.360 e. The number of fused-ring (bicyclic) bond motifs is 2. The molecule has 0 aromatic rings. The number of ketones is 1. The van der Waals surface area contributed by atoms with Gasteiger partial charge in [0.05, 0.1) is 11.5 Å². The van der Waals surface area contributed by atoms with Gasteiger partial charge < -0.3 is 4.74 Å². The molecule has 0 aromatic carbocycles. The second-order valence-corrected chi connectivity index (χ2v) is 4.76. The normalized spacial score (nSPS) is 35.4. The van der Waals surface area contributed by atoms with E-state index < -0.39 is 0 Å². The van der Waals surface area contributed by atoms with Gasteiger partial charge in [-0.05, 0) is 24.8 Å². The van der Waals surface area contributed by atoms with Gasteiger partial charge in [-0.15, -0.1) is 11.8 Å². The molecular weight excluding hydrogens is 196 g/mol. The minimum Gasteiger partial charge on any atom is -0.360 e. The molecule has 0 radical (unpaired) electrons. The summed E-state index contributed by atoms with van der Waals surface area (Å²) in [6.45, 7) is 3.95. The lowest BCUT2D eigenvalue weighted by molar-refractivity contribution is -0.118. The van der Waals surface area contributed by atoms with Crippen LogP contribution >= 0.6 is 11.8 Å². The van der Waals surface area contributed by atoms with E-state index in [0.717, 1.165) is 18.4 Å². The van der Waals surface area contributed by atoms with Crippen LogP contribution in [0.5, 0.6) is 0 Å². The van der Waals surface area contributed by atoms with Crippen LogP contribution in [-0.4, -0.2) is 23.6 Å². The molecule has 2 aliphatic carbocycles. The molecule has 1 saturated carbocycles. The van der Waals surface area contributed by atoms with Crippen LogP contribution in [-0.2, 0) is 9.53 Å². The van der Waals surface area contributed by atoms with Crippen LogP contribution < -0.4 is 0 Å². The molecule has 76 valence electrons. The summed E-state index contributed by atoms with van der Waals surface area (Å²) in [4.78, 5) is 11.5. The average molecular weight is 210 g/mol. The molecule has 0 unspecified atom stereocenters. The van der Waals surface area contributed by atoms with Gasteiger partial charge in [0, 0.05) is 12.3 Å². The van der Waals surface area contributed by atoms with Crippen molar-refractivity contribution >= 4 is 17.5 Å². The fraction of sp³-hybridized carbons (Fsp3) is 0.545. The highest BCUT2D eigenvalue weighted by molar-refractivity contribution is 7.98. The predicted molar refractivity (Wildman–Crippen MR) is 58.2 cm³/mol. The highest BCUT2D eigenvalue weighted by Crippen LogP contribution is 2.45. The summed E-state index contributed by atoms with van der Waals surface area (Å²) in [6, 6.07) is 0. The van der Waals surface area contributed by atoms with E-state index >= 15 is 0 Å². The summed E-state index contributed by atoms with van der Waals surface area (Å²) >= 11 is 1.66. The van der Waals surface area contributed by atoms with Crippen molar-refractivity contribution in [2.24, 2.45) is 5.92 Å². The number of rotatable bonds is 3. The number of ether oxygens (including phenoxy) is 1. The number of thioether (sulfide) groups is 1. The van der Waals surface area contributed by atoms with E-state index in [1.165, 1.54) is 0 Å². The first kappa shape index (κ1) is 9.99. The lowest BCUT2D eigenvalue weighted by Crippen LogP contribution is -2.30. The predicted octanol–water partition coefficient (Wildman–Crippen LogP) is 2.17. The van der Waals surface area contributed by atoms with Crippen LogP contribution in [0.1, 0.15) is 12.8 Å². The third kappa shape index (κ3) is 1.55. The minimum atomic E-state index is -0.224. The monoisotopic (exact) mass is 210 g/mol.